The quantitative estimate of drug-likeness (QED) is 0.282. The molecule has 1 unspecified atom stereocenters. The van der Waals surface area contributed by atoms with Gasteiger partial charge in [0.05, 0.1) is 22.4 Å². The Balaban J connectivity index is 1.74. The van der Waals surface area contributed by atoms with Gasteiger partial charge in [0.1, 0.15) is 11.4 Å². The molecule has 1 atom stereocenters. The summed E-state index contributed by atoms with van der Waals surface area (Å²) in [6.45, 7) is 8.98. The molecule has 36 heavy (non-hydrogen) atoms. The molecule has 0 aliphatic heterocycles. The van der Waals surface area contributed by atoms with E-state index in [4.69, 9.17) is 17.2 Å². The van der Waals surface area contributed by atoms with Gasteiger partial charge in [-0.25, -0.2) is 4.98 Å². The van der Waals surface area contributed by atoms with Crippen LogP contribution in [0.5, 0.6) is 0 Å². The van der Waals surface area contributed by atoms with Crippen LogP contribution in [-0.2, 0) is 0 Å². The lowest BCUT2D eigenvalue weighted by molar-refractivity contribution is 0.409. The standard InChI is InChI=1S/C28H35N7S/c1-4-18-35(24(19-20(2)3)27(36)31-21-12-6-5-7-13-21)28-32-25(22-14-8-10-16-29-22)26(33-34-28)23-15-9-11-17-30-23/h4,8-11,14-17,20-21,24H,1,5-7,12-13,18-19H2,2-3H3,(H,31,36). The highest BCUT2D eigenvalue weighted by Gasteiger charge is 2.29. The van der Waals surface area contributed by atoms with Gasteiger partial charge in [-0.05, 0) is 49.4 Å². The van der Waals surface area contributed by atoms with Gasteiger partial charge in [-0.15, -0.1) is 16.8 Å². The first kappa shape index (κ1) is 25.8. The predicted octanol–water partition coefficient (Wildman–Crippen LogP) is 5.65. The Bertz CT molecular complexity index is 1130. The molecule has 0 amide bonds. The van der Waals surface area contributed by atoms with E-state index in [2.05, 4.69) is 50.8 Å². The topological polar surface area (TPSA) is 79.7 Å². The minimum atomic E-state index is -0.0704. The van der Waals surface area contributed by atoms with Gasteiger partial charge in [0, 0.05) is 25.0 Å². The Kier molecular flexibility index (Phi) is 9.06. The highest BCUT2D eigenvalue weighted by molar-refractivity contribution is 7.80. The number of thiocarbonyl (C=S) groups is 1. The van der Waals surface area contributed by atoms with Gasteiger partial charge < -0.3 is 10.2 Å². The normalized spacial score (nSPS) is 14.9. The van der Waals surface area contributed by atoms with E-state index < -0.39 is 0 Å². The van der Waals surface area contributed by atoms with Crippen LogP contribution in [0.3, 0.4) is 0 Å². The molecule has 1 aliphatic carbocycles. The molecule has 3 heterocycles. The zero-order chi connectivity index (χ0) is 25.3. The van der Waals surface area contributed by atoms with Crippen LogP contribution >= 0.6 is 12.2 Å². The van der Waals surface area contributed by atoms with Crippen LogP contribution < -0.4 is 10.2 Å². The molecule has 8 heteroatoms. The van der Waals surface area contributed by atoms with E-state index in [1.165, 1.54) is 19.3 Å². The molecule has 1 fully saturated rings. The highest BCUT2D eigenvalue weighted by atomic mass is 32.1. The molecule has 188 valence electrons. The van der Waals surface area contributed by atoms with E-state index in [-0.39, 0.29) is 6.04 Å². The Morgan fingerprint density at radius 2 is 1.69 bits per heavy atom. The lowest BCUT2D eigenvalue weighted by Gasteiger charge is -2.35. The number of pyridine rings is 2. The maximum atomic E-state index is 6.01. The van der Waals surface area contributed by atoms with Gasteiger partial charge in [0.15, 0.2) is 0 Å². The fourth-order valence-corrected chi connectivity index (χ4v) is 5.04. The van der Waals surface area contributed by atoms with Gasteiger partial charge in [-0.2, -0.15) is 0 Å². The van der Waals surface area contributed by atoms with Crippen molar-refractivity contribution >= 4 is 23.2 Å². The molecule has 1 aliphatic rings. The van der Waals surface area contributed by atoms with Gasteiger partial charge in [0.25, 0.3) is 0 Å². The van der Waals surface area contributed by atoms with E-state index in [1.54, 1.807) is 12.4 Å². The number of anilines is 1. The third-order valence-electron chi connectivity index (χ3n) is 6.40. The number of nitrogens with one attached hydrogen (secondary N) is 1. The Labute approximate surface area is 219 Å². The second kappa shape index (κ2) is 12.6. The Morgan fingerprint density at radius 3 is 2.28 bits per heavy atom. The summed E-state index contributed by atoms with van der Waals surface area (Å²) in [4.78, 5) is 17.0. The summed E-state index contributed by atoms with van der Waals surface area (Å²) >= 11 is 6.01. The SMILES string of the molecule is C=CCN(c1nnc(-c2ccccn2)c(-c2ccccn2)n1)C(CC(C)C)C(=S)NC1CCCCC1. The average molecular weight is 502 g/mol. The molecule has 4 rings (SSSR count). The lowest BCUT2D eigenvalue weighted by Crippen LogP contribution is -2.50. The number of hydrogen-bond donors (Lipinski definition) is 1. The van der Waals surface area contributed by atoms with Gasteiger partial charge in [-0.3, -0.25) is 9.97 Å². The van der Waals surface area contributed by atoms with Crippen molar-refractivity contribution in [2.75, 3.05) is 11.4 Å². The van der Waals surface area contributed by atoms with E-state index in [0.717, 1.165) is 29.9 Å². The molecule has 0 spiro atoms. The van der Waals surface area contributed by atoms with Crippen LogP contribution in [0.25, 0.3) is 22.8 Å². The van der Waals surface area contributed by atoms with Crippen molar-refractivity contribution in [2.24, 2.45) is 5.92 Å². The molecule has 0 radical (unpaired) electrons. The summed E-state index contributed by atoms with van der Waals surface area (Å²) in [6, 6.07) is 11.8. The molecule has 1 saturated carbocycles. The van der Waals surface area contributed by atoms with Crippen molar-refractivity contribution in [2.45, 2.75) is 64.5 Å². The maximum absolute atomic E-state index is 6.01. The van der Waals surface area contributed by atoms with E-state index in [1.807, 2.05) is 42.5 Å². The molecule has 0 saturated heterocycles. The van der Waals surface area contributed by atoms with Crippen molar-refractivity contribution in [3.05, 3.63) is 61.4 Å². The Morgan fingerprint density at radius 1 is 1.03 bits per heavy atom. The van der Waals surface area contributed by atoms with Crippen LogP contribution in [0.1, 0.15) is 52.4 Å². The number of rotatable bonds is 10. The first-order valence-electron chi connectivity index (χ1n) is 12.8. The fourth-order valence-electron chi connectivity index (χ4n) is 4.65. The first-order chi connectivity index (χ1) is 17.6. The summed E-state index contributed by atoms with van der Waals surface area (Å²) < 4.78 is 0. The first-order valence-corrected chi connectivity index (χ1v) is 13.2. The summed E-state index contributed by atoms with van der Waals surface area (Å²) in [5, 5.41) is 12.9. The zero-order valence-electron chi connectivity index (χ0n) is 21.2. The molecular weight excluding hydrogens is 466 g/mol. The van der Waals surface area contributed by atoms with Gasteiger partial charge >= 0.3 is 0 Å². The second-order valence-corrected chi connectivity index (χ2v) is 10.1. The molecule has 0 aromatic carbocycles. The molecule has 0 bridgehead atoms. The summed E-state index contributed by atoms with van der Waals surface area (Å²) in [6.07, 6.45) is 12.4. The van der Waals surface area contributed by atoms with Crippen LogP contribution in [-0.4, -0.2) is 48.8 Å². The number of aromatic nitrogens is 5. The Hall–Kier alpha value is -3.26. The molecule has 1 N–H and O–H groups in total. The average Bonchev–Trinajstić information content (AvgIpc) is 2.92. The largest absolute Gasteiger partial charge is 0.375 e. The summed E-state index contributed by atoms with van der Waals surface area (Å²) in [7, 11) is 0. The van der Waals surface area contributed by atoms with Crippen molar-refractivity contribution in [1.82, 2.24) is 30.5 Å². The third-order valence-corrected chi connectivity index (χ3v) is 6.79. The predicted molar refractivity (Wildman–Crippen MR) is 150 cm³/mol. The second-order valence-electron chi connectivity index (χ2n) is 9.67. The van der Waals surface area contributed by atoms with Crippen LogP contribution in [0.2, 0.25) is 0 Å². The number of nitrogens with zero attached hydrogens (tertiary/aromatic N) is 6. The molecule has 7 nitrogen and oxygen atoms in total. The monoisotopic (exact) mass is 501 g/mol. The minimum absolute atomic E-state index is 0.0704. The van der Waals surface area contributed by atoms with Crippen LogP contribution in [0.4, 0.5) is 5.95 Å². The fraction of sp³-hybridized carbons (Fsp3) is 0.429. The van der Waals surface area contributed by atoms with Crippen molar-refractivity contribution < 1.29 is 0 Å². The summed E-state index contributed by atoms with van der Waals surface area (Å²) in [5.74, 6) is 0.943. The smallest absolute Gasteiger partial charge is 0.246 e. The third kappa shape index (κ3) is 6.49. The van der Waals surface area contributed by atoms with Crippen LogP contribution in [0, 0.1) is 5.92 Å². The maximum Gasteiger partial charge on any atom is 0.246 e. The highest BCUT2D eigenvalue weighted by Crippen LogP contribution is 2.28. The van der Waals surface area contributed by atoms with Gasteiger partial charge in [-0.1, -0.05) is 63.5 Å². The van der Waals surface area contributed by atoms with E-state index in [0.29, 0.717) is 41.5 Å². The molecule has 3 aromatic heterocycles. The van der Waals surface area contributed by atoms with Crippen LogP contribution in [0.15, 0.2) is 61.4 Å². The lowest BCUT2D eigenvalue weighted by atomic mass is 9.94. The minimum Gasteiger partial charge on any atom is -0.375 e. The van der Waals surface area contributed by atoms with Crippen molar-refractivity contribution in [3.8, 4) is 22.8 Å². The molecular formula is C28H35N7S. The zero-order valence-corrected chi connectivity index (χ0v) is 22.0. The summed E-state index contributed by atoms with van der Waals surface area (Å²) in [5.41, 5.74) is 2.66. The molecule has 3 aromatic rings. The van der Waals surface area contributed by atoms with E-state index in [9.17, 15) is 0 Å². The van der Waals surface area contributed by atoms with Crippen molar-refractivity contribution in [1.29, 1.82) is 0 Å². The van der Waals surface area contributed by atoms with Crippen molar-refractivity contribution in [3.63, 3.8) is 0 Å². The van der Waals surface area contributed by atoms with E-state index >= 15 is 0 Å². The number of hydrogen-bond acceptors (Lipinski definition) is 7. The van der Waals surface area contributed by atoms with Gasteiger partial charge in [0.2, 0.25) is 5.95 Å².